The maximum atomic E-state index is 13.0. The van der Waals surface area contributed by atoms with Crippen LogP contribution in [0.4, 0.5) is 0 Å². The maximum Gasteiger partial charge on any atom is 0.244 e. The van der Waals surface area contributed by atoms with Crippen LogP contribution in [0.3, 0.4) is 0 Å². The van der Waals surface area contributed by atoms with Crippen molar-refractivity contribution in [3.8, 4) is 11.8 Å². The molecule has 1 N–H and O–H groups in total. The van der Waals surface area contributed by atoms with E-state index in [1.807, 2.05) is 37.3 Å². The number of sulfonamides is 1. The number of benzene rings is 2. The van der Waals surface area contributed by atoms with E-state index in [-0.39, 0.29) is 18.0 Å². The molecule has 0 spiro atoms. The van der Waals surface area contributed by atoms with Crippen molar-refractivity contribution in [3.05, 3.63) is 77.9 Å². The second kappa shape index (κ2) is 10.8. The second-order valence-corrected chi connectivity index (χ2v) is 8.44. The highest BCUT2D eigenvalue weighted by Gasteiger charge is 2.22. The van der Waals surface area contributed by atoms with E-state index in [2.05, 4.69) is 18.8 Å². The molecular weight excluding hydrogens is 370 g/mol. The van der Waals surface area contributed by atoms with Gasteiger partial charge in [0.1, 0.15) is 6.10 Å². The molecule has 1 atom stereocenters. The third-order valence-corrected chi connectivity index (χ3v) is 6.03. The average molecular weight is 398 g/mol. The molecule has 0 aliphatic carbocycles. The van der Waals surface area contributed by atoms with Crippen molar-refractivity contribution >= 4 is 10.0 Å². The number of hydrogen-bond acceptors (Lipinski definition) is 3. The van der Waals surface area contributed by atoms with Crippen LogP contribution in [0, 0.1) is 18.8 Å². The molecule has 2 rings (SSSR count). The molecule has 4 nitrogen and oxygen atoms in total. The fourth-order valence-corrected chi connectivity index (χ4v) is 3.83. The summed E-state index contributed by atoms with van der Waals surface area (Å²) in [6, 6.07) is 15.9. The van der Waals surface area contributed by atoms with E-state index in [9.17, 15) is 13.5 Å². The number of aliphatic hydroxyl groups is 1. The molecule has 0 aromatic heterocycles. The smallest absolute Gasteiger partial charge is 0.244 e. The Morgan fingerprint density at radius 2 is 1.75 bits per heavy atom. The largest absolute Gasteiger partial charge is 0.376 e. The molecule has 0 saturated heterocycles. The molecule has 2 aromatic rings. The molecule has 0 fully saturated rings. The van der Waals surface area contributed by atoms with Gasteiger partial charge in [0, 0.05) is 6.54 Å². The van der Waals surface area contributed by atoms with Crippen LogP contribution in [0.15, 0.2) is 71.6 Å². The minimum Gasteiger partial charge on any atom is -0.376 e. The van der Waals surface area contributed by atoms with Gasteiger partial charge in [-0.1, -0.05) is 85.4 Å². The molecule has 0 saturated carbocycles. The lowest BCUT2D eigenvalue weighted by molar-refractivity contribution is 0.238. The van der Waals surface area contributed by atoms with Crippen LogP contribution in [-0.4, -0.2) is 30.9 Å². The Balaban J connectivity index is 2.20. The Morgan fingerprint density at radius 1 is 1.07 bits per heavy atom. The SMILES string of the molecule is CCC/C=C/CN(CC#CC(O)c1ccccc1)S(=O)(=O)c1ccc(C)cc1. The van der Waals surface area contributed by atoms with Crippen molar-refractivity contribution in [2.24, 2.45) is 0 Å². The summed E-state index contributed by atoms with van der Waals surface area (Å²) in [6.07, 6.45) is 4.79. The summed E-state index contributed by atoms with van der Waals surface area (Å²) in [5, 5.41) is 10.2. The van der Waals surface area contributed by atoms with Gasteiger partial charge < -0.3 is 5.11 Å². The van der Waals surface area contributed by atoms with Gasteiger partial charge in [-0.05, 0) is 31.0 Å². The van der Waals surface area contributed by atoms with Crippen LogP contribution in [0.5, 0.6) is 0 Å². The van der Waals surface area contributed by atoms with E-state index in [0.29, 0.717) is 5.56 Å². The van der Waals surface area contributed by atoms with Crippen molar-refractivity contribution in [3.63, 3.8) is 0 Å². The van der Waals surface area contributed by atoms with Crippen LogP contribution >= 0.6 is 0 Å². The number of unbranched alkanes of at least 4 members (excludes halogenated alkanes) is 1. The first-order valence-corrected chi connectivity index (χ1v) is 10.8. The van der Waals surface area contributed by atoms with Gasteiger partial charge in [0.25, 0.3) is 0 Å². The number of nitrogens with zero attached hydrogens (tertiary/aromatic N) is 1. The lowest BCUT2D eigenvalue weighted by Gasteiger charge is -2.18. The summed E-state index contributed by atoms with van der Waals surface area (Å²) in [7, 11) is -3.67. The molecule has 0 heterocycles. The van der Waals surface area contributed by atoms with Crippen molar-refractivity contribution in [2.45, 2.75) is 37.7 Å². The molecule has 0 aliphatic heterocycles. The van der Waals surface area contributed by atoms with E-state index in [1.54, 1.807) is 36.4 Å². The number of rotatable bonds is 8. The van der Waals surface area contributed by atoms with Gasteiger partial charge in [0.05, 0.1) is 11.4 Å². The van der Waals surface area contributed by atoms with Crippen molar-refractivity contribution < 1.29 is 13.5 Å². The molecule has 0 bridgehead atoms. The summed E-state index contributed by atoms with van der Waals surface area (Å²) < 4.78 is 27.4. The minimum atomic E-state index is -3.67. The number of hydrogen-bond donors (Lipinski definition) is 1. The number of aryl methyl sites for hydroxylation is 1. The summed E-state index contributed by atoms with van der Waals surface area (Å²) in [6.45, 7) is 4.24. The molecule has 5 heteroatoms. The summed E-state index contributed by atoms with van der Waals surface area (Å²) in [4.78, 5) is 0.243. The first-order valence-electron chi connectivity index (χ1n) is 9.38. The van der Waals surface area contributed by atoms with E-state index >= 15 is 0 Å². The molecular formula is C23H27NO3S. The fourth-order valence-electron chi connectivity index (χ4n) is 2.53. The van der Waals surface area contributed by atoms with Gasteiger partial charge in [-0.3, -0.25) is 0 Å². The highest BCUT2D eigenvalue weighted by Crippen LogP contribution is 2.16. The third-order valence-electron chi connectivity index (χ3n) is 4.20. The summed E-state index contributed by atoms with van der Waals surface area (Å²) in [5.41, 5.74) is 1.69. The zero-order valence-corrected chi connectivity index (χ0v) is 17.2. The lowest BCUT2D eigenvalue weighted by atomic mass is 10.1. The van der Waals surface area contributed by atoms with E-state index < -0.39 is 16.1 Å². The average Bonchev–Trinajstić information content (AvgIpc) is 2.70. The minimum absolute atomic E-state index is 0.0105. The van der Waals surface area contributed by atoms with Gasteiger partial charge in [-0.15, -0.1) is 0 Å². The van der Waals surface area contributed by atoms with E-state index in [0.717, 1.165) is 18.4 Å². The fraction of sp³-hybridized carbons (Fsp3) is 0.304. The Morgan fingerprint density at radius 3 is 2.39 bits per heavy atom. The quantitative estimate of drug-likeness (QED) is 0.539. The Labute approximate surface area is 168 Å². The standard InChI is InChI=1S/C23H27NO3S/c1-3-4-5-9-18-24(28(26,27)22-16-14-20(2)15-17-22)19-10-13-23(25)21-11-7-6-8-12-21/h5-9,11-12,14-17,23,25H,3-4,18-19H2,1-2H3/b9-5+. The second-order valence-electron chi connectivity index (χ2n) is 6.51. The van der Waals surface area contributed by atoms with Gasteiger partial charge >= 0.3 is 0 Å². The molecule has 2 aromatic carbocycles. The highest BCUT2D eigenvalue weighted by molar-refractivity contribution is 7.89. The lowest BCUT2D eigenvalue weighted by Crippen LogP contribution is -2.31. The van der Waals surface area contributed by atoms with Crippen LogP contribution in [0.1, 0.15) is 37.0 Å². The van der Waals surface area contributed by atoms with Crippen LogP contribution in [0.25, 0.3) is 0 Å². The van der Waals surface area contributed by atoms with Crippen LogP contribution < -0.4 is 0 Å². The highest BCUT2D eigenvalue weighted by atomic mass is 32.2. The Bertz CT molecular complexity index is 923. The maximum absolute atomic E-state index is 13.0. The van der Waals surface area contributed by atoms with Crippen LogP contribution in [-0.2, 0) is 10.0 Å². The zero-order chi connectivity index (χ0) is 20.4. The topological polar surface area (TPSA) is 57.6 Å². The molecule has 148 valence electrons. The molecule has 28 heavy (non-hydrogen) atoms. The Hall–Kier alpha value is -2.39. The van der Waals surface area contributed by atoms with Gasteiger partial charge in [0.2, 0.25) is 10.0 Å². The van der Waals surface area contributed by atoms with Gasteiger partial charge in [-0.25, -0.2) is 8.42 Å². The zero-order valence-electron chi connectivity index (χ0n) is 16.4. The van der Waals surface area contributed by atoms with E-state index in [4.69, 9.17) is 0 Å². The molecule has 0 aliphatic rings. The van der Waals surface area contributed by atoms with Crippen LogP contribution in [0.2, 0.25) is 0 Å². The predicted octanol–water partition coefficient (Wildman–Crippen LogP) is 4.08. The Kier molecular flexibility index (Phi) is 8.46. The first kappa shape index (κ1) is 21.9. The number of aliphatic hydroxyl groups excluding tert-OH is 1. The van der Waals surface area contributed by atoms with Gasteiger partial charge in [-0.2, -0.15) is 4.31 Å². The molecule has 1 unspecified atom stereocenters. The summed E-state index contributed by atoms with van der Waals surface area (Å²) in [5.74, 6) is 5.56. The summed E-state index contributed by atoms with van der Waals surface area (Å²) >= 11 is 0. The predicted molar refractivity (Wildman–Crippen MR) is 113 cm³/mol. The monoisotopic (exact) mass is 397 g/mol. The van der Waals surface area contributed by atoms with Gasteiger partial charge in [0.15, 0.2) is 0 Å². The van der Waals surface area contributed by atoms with Crippen molar-refractivity contribution in [1.29, 1.82) is 0 Å². The number of allylic oxidation sites excluding steroid dienone is 1. The molecule has 0 radical (unpaired) electrons. The third kappa shape index (κ3) is 6.35. The normalized spacial score (nSPS) is 12.7. The van der Waals surface area contributed by atoms with Crippen molar-refractivity contribution in [1.82, 2.24) is 4.31 Å². The molecule has 0 amide bonds. The van der Waals surface area contributed by atoms with Crippen molar-refractivity contribution in [2.75, 3.05) is 13.1 Å². The van der Waals surface area contributed by atoms with E-state index in [1.165, 1.54) is 4.31 Å². The first-order chi connectivity index (χ1) is 13.4.